The molecule has 1 heterocycles. The quantitative estimate of drug-likeness (QED) is 0.725. The van der Waals surface area contributed by atoms with Gasteiger partial charge in [-0.25, -0.2) is 0 Å². The third-order valence-electron chi connectivity index (χ3n) is 7.84. The molecule has 0 spiro atoms. The van der Waals surface area contributed by atoms with Crippen LogP contribution in [0.15, 0.2) is 18.2 Å². The molecule has 6 atom stereocenters. The van der Waals surface area contributed by atoms with Crippen LogP contribution >= 0.6 is 0 Å². The number of hydrogen-bond donors (Lipinski definition) is 0. The summed E-state index contributed by atoms with van der Waals surface area (Å²) < 4.78 is 35.4. The minimum absolute atomic E-state index is 0.0707. The molecule has 0 radical (unpaired) electrons. The lowest BCUT2D eigenvalue weighted by molar-refractivity contribution is -0.212. The van der Waals surface area contributed by atoms with E-state index in [1.54, 1.807) is 13.2 Å². The SMILES string of the molecule is [2H]C1([2H])C(=O)c2cc(OC)ccc2[C@@H]2CC[C@]3(C)[C@H](CC[C@H]3OC3CCCCO3)[C@H]21. The molecule has 1 unspecified atom stereocenters. The Labute approximate surface area is 170 Å². The number of carbonyl (C=O) groups excluding carboxylic acids is 1. The molecule has 5 rings (SSSR count). The van der Waals surface area contributed by atoms with Gasteiger partial charge in [0.1, 0.15) is 5.75 Å². The number of benzene rings is 1. The second-order valence-electron chi connectivity index (χ2n) is 9.21. The molecule has 4 nitrogen and oxygen atoms in total. The summed E-state index contributed by atoms with van der Waals surface area (Å²) in [4.78, 5) is 13.3. The van der Waals surface area contributed by atoms with Crippen LogP contribution < -0.4 is 4.74 Å². The molecule has 4 aliphatic rings. The molecular weight excluding hydrogens is 352 g/mol. The van der Waals surface area contributed by atoms with Crippen LogP contribution in [0.5, 0.6) is 5.75 Å². The highest BCUT2D eigenvalue weighted by Crippen LogP contribution is 2.61. The summed E-state index contributed by atoms with van der Waals surface area (Å²) in [5.41, 5.74) is 1.40. The van der Waals surface area contributed by atoms with E-state index in [2.05, 4.69) is 6.92 Å². The molecule has 3 aliphatic carbocycles. The minimum atomic E-state index is -1.87. The van der Waals surface area contributed by atoms with Crippen LogP contribution in [-0.2, 0) is 9.47 Å². The summed E-state index contributed by atoms with van der Waals surface area (Å²) in [6, 6.07) is 5.61. The van der Waals surface area contributed by atoms with Crippen molar-refractivity contribution in [2.24, 2.45) is 17.3 Å². The van der Waals surface area contributed by atoms with E-state index in [4.69, 9.17) is 17.0 Å². The Bertz CT molecular complexity index is 834. The fraction of sp³-hybridized carbons (Fsp3) is 0.708. The fourth-order valence-corrected chi connectivity index (χ4v) is 6.28. The van der Waals surface area contributed by atoms with Gasteiger partial charge in [0, 0.05) is 21.3 Å². The maximum absolute atomic E-state index is 13.3. The Morgan fingerprint density at radius 2 is 2.11 bits per heavy atom. The van der Waals surface area contributed by atoms with Gasteiger partial charge in [0.2, 0.25) is 0 Å². The average molecular weight is 387 g/mol. The van der Waals surface area contributed by atoms with E-state index in [-0.39, 0.29) is 41.3 Å². The van der Waals surface area contributed by atoms with Crippen molar-refractivity contribution in [3.05, 3.63) is 29.3 Å². The van der Waals surface area contributed by atoms with Crippen LogP contribution in [0.1, 0.15) is 82.8 Å². The maximum Gasteiger partial charge on any atom is 0.163 e. The van der Waals surface area contributed by atoms with Crippen LogP contribution in [0.3, 0.4) is 0 Å². The molecule has 0 aromatic heterocycles. The second-order valence-corrected chi connectivity index (χ2v) is 9.21. The fourth-order valence-electron chi connectivity index (χ4n) is 6.28. The van der Waals surface area contributed by atoms with Crippen molar-refractivity contribution in [3.8, 4) is 5.75 Å². The molecule has 0 amide bonds. The highest BCUT2D eigenvalue weighted by Gasteiger charge is 2.56. The second kappa shape index (κ2) is 7.14. The number of fused-ring (bicyclic) bond motifs is 5. The number of Topliss-reactive ketones (excluding diaryl/α,β-unsaturated/α-hetero) is 1. The summed E-state index contributed by atoms with van der Waals surface area (Å²) in [7, 11) is 1.58. The molecule has 28 heavy (non-hydrogen) atoms. The van der Waals surface area contributed by atoms with E-state index in [0.717, 1.165) is 57.1 Å². The number of ketones is 1. The van der Waals surface area contributed by atoms with Crippen molar-refractivity contribution in [2.45, 2.75) is 76.6 Å². The Hall–Kier alpha value is -1.39. The summed E-state index contributed by atoms with van der Waals surface area (Å²) >= 11 is 0. The summed E-state index contributed by atoms with van der Waals surface area (Å²) in [5, 5.41) is 0. The van der Waals surface area contributed by atoms with Gasteiger partial charge in [-0.15, -0.1) is 0 Å². The first-order valence-electron chi connectivity index (χ1n) is 11.9. The monoisotopic (exact) mass is 386 g/mol. The molecule has 0 N–H and O–H groups in total. The average Bonchev–Trinajstić information content (AvgIpc) is 3.08. The van der Waals surface area contributed by atoms with E-state index in [9.17, 15) is 4.79 Å². The molecule has 3 fully saturated rings. The zero-order valence-electron chi connectivity index (χ0n) is 18.9. The first-order valence-corrected chi connectivity index (χ1v) is 10.9. The Balaban J connectivity index is 1.47. The number of ether oxygens (including phenoxy) is 3. The minimum Gasteiger partial charge on any atom is -0.497 e. The van der Waals surface area contributed by atoms with Gasteiger partial charge in [0.05, 0.1) is 13.2 Å². The molecule has 1 aliphatic heterocycles. The molecule has 1 aromatic carbocycles. The van der Waals surface area contributed by atoms with Gasteiger partial charge in [-0.05, 0) is 85.8 Å². The van der Waals surface area contributed by atoms with Crippen LogP contribution in [0, 0.1) is 17.3 Å². The molecule has 1 saturated heterocycles. The predicted octanol–water partition coefficient (Wildman–Crippen LogP) is 5.10. The van der Waals surface area contributed by atoms with E-state index in [1.165, 1.54) is 0 Å². The van der Waals surface area contributed by atoms with E-state index in [1.807, 2.05) is 12.1 Å². The van der Waals surface area contributed by atoms with Gasteiger partial charge < -0.3 is 14.2 Å². The largest absolute Gasteiger partial charge is 0.497 e. The number of rotatable bonds is 3. The highest BCUT2D eigenvalue weighted by atomic mass is 16.7. The zero-order chi connectivity index (χ0) is 21.1. The lowest BCUT2D eigenvalue weighted by atomic mass is 9.55. The van der Waals surface area contributed by atoms with Crippen molar-refractivity contribution in [3.63, 3.8) is 0 Å². The molecule has 1 aromatic rings. The zero-order valence-corrected chi connectivity index (χ0v) is 16.9. The van der Waals surface area contributed by atoms with E-state index >= 15 is 0 Å². The summed E-state index contributed by atoms with van der Waals surface area (Å²) in [6.45, 7) is 3.03. The Morgan fingerprint density at radius 1 is 1.21 bits per heavy atom. The third kappa shape index (κ3) is 2.91. The van der Waals surface area contributed by atoms with Crippen LogP contribution in [0.4, 0.5) is 0 Å². The van der Waals surface area contributed by atoms with Gasteiger partial charge in [-0.1, -0.05) is 13.0 Å². The van der Waals surface area contributed by atoms with Crippen LogP contribution in [0.2, 0.25) is 0 Å². The first-order chi connectivity index (χ1) is 14.4. The Morgan fingerprint density at radius 3 is 2.89 bits per heavy atom. The van der Waals surface area contributed by atoms with Crippen LogP contribution in [0.25, 0.3) is 0 Å². The lowest BCUT2D eigenvalue weighted by Crippen LogP contribution is -2.46. The van der Waals surface area contributed by atoms with Crippen molar-refractivity contribution >= 4 is 5.78 Å². The summed E-state index contributed by atoms with van der Waals surface area (Å²) in [6.07, 6.45) is 4.97. The lowest BCUT2D eigenvalue weighted by Gasteiger charge is -2.50. The first kappa shape index (κ1) is 16.4. The normalized spacial score (nSPS) is 42.6. The molecule has 2 saturated carbocycles. The Kier molecular flexibility index (Phi) is 4.18. The van der Waals surface area contributed by atoms with Gasteiger partial charge >= 0.3 is 0 Å². The third-order valence-corrected chi connectivity index (χ3v) is 7.84. The van der Waals surface area contributed by atoms with Gasteiger partial charge in [0.15, 0.2) is 12.1 Å². The van der Waals surface area contributed by atoms with Gasteiger partial charge in [0.25, 0.3) is 0 Å². The van der Waals surface area contributed by atoms with Crippen molar-refractivity contribution in [1.29, 1.82) is 0 Å². The highest BCUT2D eigenvalue weighted by molar-refractivity contribution is 5.99. The standard InChI is InChI=1S/C24H32O4/c1-24-11-10-17-16-7-6-15(26-2)13-19(16)21(25)14-18(17)20(24)8-9-22(24)28-23-5-3-4-12-27-23/h6-7,13,17-18,20,22-23H,3-5,8-12,14H2,1-2H3/t17-,18-,20+,22+,23?,24+/m0/s1/i14D2. The van der Waals surface area contributed by atoms with Crippen molar-refractivity contribution < 1.29 is 21.7 Å². The number of hydrogen-bond acceptors (Lipinski definition) is 4. The van der Waals surface area contributed by atoms with E-state index in [0.29, 0.717) is 11.3 Å². The molecule has 152 valence electrons. The van der Waals surface area contributed by atoms with E-state index < -0.39 is 6.37 Å². The van der Waals surface area contributed by atoms with Gasteiger partial charge in [-0.2, -0.15) is 0 Å². The predicted molar refractivity (Wildman–Crippen MR) is 107 cm³/mol. The molecule has 4 heteroatoms. The number of carbonyl (C=O) groups is 1. The van der Waals surface area contributed by atoms with Crippen molar-refractivity contribution in [2.75, 3.05) is 13.7 Å². The number of methoxy groups -OCH3 is 1. The summed E-state index contributed by atoms with van der Waals surface area (Å²) in [5.74, 6) is 0.131. The smallest absolute Gasteiger partial charge is 0.163 e. The van der Waals surface area contributed by atoms with Gasteiger partial charge in [-0.3, -0.25) is 4.79 Å². The molecular formula is C24H32O4. The maximum atomic E-state index is 13.3. The topological polar surface area (TPSA) is 44.8 Å². The van der Waals surface area contributed by atoms with Crippen LogP contribution in [-0.4, -0.2) is 31.9 Å². The molecule has 0 bridgehead atoms. The van der Waals surface area contributed by atoms with Crippen molar-refractivity contribution in [1.82, 2.24) is 0 Å².